The highest BCUT2D eigenvalue weighted by Crippen LogP contribution is 2.24. The van der Waals surface area contributed by atoms with Gasteiger partial charge in [0.15, 0.2) is 5.78 Å². The van der Waals surface area contributed by atoms with Crippen LogP contribution >= 0.6 is 27.3 Å². The monoisotopic (exact) mass is 284 g/mol. The van der Waals surface area contributed by atoms with Gasteiger partial charge in [-0.15, -0.1) is 11.3 Å². The van der Waals surface area contributed by atoms with Gasteiger partial charge in [-0.1, -0.05) is 0 Å². The molecule has 0 saturated heterocycles. The third-order valence-corrected chi connectivity index (χ3v) is 4.10. The van der Waals surface area contributed by atoms with E-state index in [4.69, 9.17) is 4.42 Å². The molecule has 4 heteroatoms. The van der Waals surface area contributed by atoms with E-state index in [0.29, 0.717) is 17.7 Å². The molecule has 2 aromatic heterocycles. The Morgan fingerprint density at radius 2 is 2.33 bits per heavy atom. The van der Waals surface area contributed by atoms with Gasteiger partial charge >= 0.3 is 0 Å². The minimum Gasteiger partial charge on any atom is -0.469 e. The average Bonchev–Trinajstić information content (AvgIpc) is 2.76. The van der Waals surface area contributed by atoms with Crippen LogP contribution in [0.15, 0.2) is 32.7 Å². The number of hydrogen-bond acceptors (Lipinski definition) is 3. The topological polar surface area (TPSA) is 30.2 Å². The van der Waals surface area contributed by atoms with Gasteiger partial charge < -0.3 is 4.42 Å². The van der Waals surface area contributed by atoms with Gasteiger partial charge in [-0.05, 0) is 40.4 Å². The van der Waals surface area contributed by atoms with Crippen LogP contribution < -0.4 is 0 Å². The average molecular weight is 285 g/mol. The molecule has 0 radical (unpaired) electrons. The molecule has 78 valence electrons. The number of carbonyl (C=O) groups is 1. The summed E-state index contributed by atoms with van der Waals surface area (Å²) in [6, 6.07) is 3.68. The Kier molecular flexibility index (Phi) is 3.07. The van der Waals surface area contributed by atoms with Gasteiger partial charge in [0, 0.05) is 15.8 Å². The summed E-state index contributed by atoms with van der Waals surface area (Å²) in [7, 11) is 0. The lowest BCUT2D eigenvalue weighted by atomic mass is 10.1. The molecular formula is C11H9BrO2S. The zero-order chi connectivity index (χ0) is 10.8. The standard InChI is InChI=1S/C11H9BrO2S/c1-7-8(2-4-14-7)10(13)6-11-9(12)3-5-15-11/h2-5H,6H2,1H3. The molecule has 0 aromatic carbocycles. The molecule has 0 bridgehead atoms. The Hall–Kier alpha value is -0.870. The Morgan fingerprint density at radius 3 is 2.87 bits per heavy atom. The summed E-state index contributed by atoms with van der Waals surface area (Å²) in [5, 5.41) is 1.97. The van der Waals surface area contributed by atoms with E-state index in [2.05, 4.69) is 15.9 Å². The van der Waals surface area contributed by atoms with Crippen LogP contribution in [0.4, 0.5) is 0 Å². The van der Waals surface area contributed by atoms with Gasteiger partial charge in [-0.25, -0.2) is 0 Å². The van der Waals surface area contributed by atoms with Crippen molar-refractivity contribution in [3.8, 4) is 0 Å². The first-order valence-corrected chi connectivity index (χ1v) is 6.15. The highest BCUT2D eigenvalue weighted by molar-refractivity contribution is 9.10. The van der Waals surface area contributed by atoms with Gasteiger partial charge in [0.05, 0.1) is 11.8 Å². The first kappa shape index (κ1) is 10.6. The van der Waals surface area contributed by atoms with Crippen LogP contribution in [-0.4, -0.2) is 5.78 Å². The van der Waals surface area contributed by atoms with Gasteiger partial charge in [0.1, 0.15) is 5.76 Å². The molecule has 0 aliphatic carbocycles. The maximum absolute atomic E-state index is 11.9. The first-order valence-electron chi connectivity index (χ1n) is 4.47. The van der Waals surface area contributed by atoms with Crippen LogP contribution in [0.2, 0.25) is 0 Å². The van der Waals surface area contributed by atoms with Gasteiger partial charge in [-0.2, -0.15) is 0 Å². The summed E-state index contributed by atoms with van der Waals surface area (Å²) in [5.41, 5.74) is 0.676. The Bertz CT molecular complexity index is 484. The van der Waals surface area contributed by atoms with Crippen molar-refractivity contribution in [2.75, 3.05) is 0 Å². The van der Waals surface area contributed by atoms with E-state index >= 15 is 0 Å². The van der Waals surface area contributed by atoms with Crippen molar-refractivity contribution in [1.29, 1.82) is 0 Å². The van der Waals surface area contributed by atoms with Gasteiger partial charge in [-0.3, -0.25) is 4.79 Å². The van der Waals surface area contributed by atoms with E-state index < -0.39 is 0 Å². The summed E-state index contributed by atoms with van der Waals surface area (Å²) in [5.74, 6) is 0.789. The van der Waals surface area contributed by atoms with Crippen LogP contribution in [0, 0.1) is 6.92 Å². The third-order valence-electron chi connectivity index (χ3n) is 2.17. The summed E-state index contributed by atoms with van der Waals surface area (Å²) in [6.07, 6.45) is 1.98. The predicted molar refractivity (Wildman–Crippen MR) is 63.5 cm³/mol. The van der Waals surface area contributed by atoms with Gasteiger partial charge in [0.25, 0.3) is 0 Å². The zero-order valence-corrected chi connectivity index (χ0v) is 10.5. The van der Waals surface area contributed by atoms with Crippen LogP contribution in [0.3, 0.4) is 0 Å². The number of halogens is 1. The minimum absolute atomic E-state index is 0.101. The number of ketones is 1. The van der Waals surface area contributed by atoms with Crippen molar-refractivity contribution in [3.63, 3.8) is 0 Å². The normalized spacial score (nSPS) is 10.5. The second-order valence-corrected chi connectivity index (χ2v) is 5.04. The molecule has 0 unspecified atom stereocenters. The Balaban J connectivity index is 2.18. The molecule has 15 heavy (non-hydrogen) atoms. The zero-order valence-electron chi connectivity index (χ0n) is 8.12. The van der Waals surface area contributed by atoms with Crippen molar-refractivity contribution < 1.29 is 9.21 Å². The number of carbonyl (C=O) groups excluding carboxylic acids is 1. The van der Waals surface area contributed by atoms with E-state index in [0.717, 1.165) is 9.35 Å². The Labute approximate surface area is 100 Å². The first-order chi connectivity index (χ1) is 7.18. The lowest BCUT2D eigenvalue weighted by molar-refractivity contribution is 0.0992. The number of hydrogen-bond donors (Lipinski definition) is 0. The molecule has 2 heterocycles. The van der Waals surface area contributed by atoms with E-state index in [-0.39, 0.29) is 5.78 Å². The second-order valence-electron chi connectivity index (χ2n) is 3.18. The highest BCUT2D eigenvalue weighted by atomic mass is 79.9. The predicted octanol–water partition coefficient (Wildman–Crippen LogP) is 3.84. The van der Waals surface area contributed by atoms with Gasteiger partial charge in [0.2, 0.25) is 0 Å². The molecule has 2 aromatic rings. The lowest BCUT2D eigenvalue weighted by Gasteiger charge is -1.97. The second kappa shape index (κ2) is 4.33. The maximum Gasteiger partial charge on any atom is 0.171 e. The fourth-order valence-electron chi connectivity index (χ4n) is 1.37. The molecule has 2 rings (SSSR count). The SMILES string of the molecule is Cc1occc1C(=O)Cc1sccc1Br. The van der Waals surface area contributed by atoms with Crippen molar-refractivity contribution in [2.45, 2.75) is 13.3 Å². The van der Waals surface area contributed by atoms with E-state index in [1.165, 1.54) is 0 Å². The van der Waals surface area contributed by atoms with Crippen molar-refractivity contribution in [1.82, 2.24) is 0 Å². The summed E-state index contributed by atoms with van der Waals surface area (Å²) in [4.78, 5) is 12.9. The fourth-order valence-corrected chi connectivity index (χ4v) is 2.86. The molecule has 0 aliphatic heterocycles. The van der Waals surface area contributed by atoms with Crippen LogP contribution in [-0.2, 0) is 6.42 Å². The smallest absolute Gasteiger partial charge is 0.171 e. The van der Waals surface area contributed by atoms with E-state index in [9.17, 15) is 4.79 Å². The maximum atomic E-state index is 11.9. The quantitative estimate of drug-likeness (QED) is 0.802. The summed E-state index contributed by atoms with van der Waals surface area (Å²) >= 11 is 4.99. The number of rotatable bonds is 3. The van der Waals surface area contributed by atoms with Crippen molar-refractivity contribution in [2.24, 2.45) is 0 Å². The van der Waals surface area contributed by atoms with Crippen LogP contribution in [0.5, 0.6) is 0 Å². The molecule has 0 N–H and O–H groups in total. The van der Waals surface area contributed by atoms with Crippen LogP contribution in [0.25, 0.3) is 0 Å². The summed E-state index contributed by atoms with van der Waals surface area (Å²) < 4.78 is 6.11. The third kappa shape index (κ3) is 2.21. The molecule has 0 fully saturated rings. The fraction of sp³-hybridized carbons (Fsp3) is 0.182. The van der Waals surface area contributed by atoms with Crippen molar-refractivity contribution in [3.05, 3.63) is 44.4 Å². The molecule has 0 amide bonds. The minimum atomic E-state index is 0.101. The molecule has 0 spiro atoms. The van der Waals surface area contributed by atoms with E-state index in [1.807, 2.05) is 11.4 Å². The molecule has 0 aliphatic rings. The van der Waals surface area contributed by atoms with Crippen molar-refractivity contribution >= 4 is 33.0 Å². The number of furan rings is 1. The van der Waals surface area contributed by atoms with Crippen LogP contribution in [0.1, 0.15) is 21.0 Å². The number of Topliss-reactive ketones (excluding diaryl/α,β-unsaturated/α-hetero) is 1. The molecular weight excluding hydrogens is 276 g/mol. The molecule has 2 nitrogen and oxygen atoms in total. The molecule has 0 atom stereocenters. The summed E-state index contributed by atoms with van der Waals surface area (Å²) in [6.45, 7) is 1.80. The Morgan fingerprint density at radius 1 is 1.53 bits per heavy atom. The highest BCUT2D eigenvalue weighted by Gasteiger charge is 2.14. The largest absolute Gasteiger partial charge is 0.469 e. The lowest BCUT2D eigenvalue weighted by Crippen LogP contribution is -2.02. The number of thiophene rings is 1. The van der Waals surface area contributed by atoms with E-state index in [1.54, 1.807) is 30.6 Å². The molecule has 0 saturated carbocycles. The number of aryl methyl sites for hydroxylation is 1.